The van der Waals surface area contributed by atoms with Gasteiger partial charge in [-0.15, -0.1) is 0 Å². The molecular formula is C22H23N3O2. The van der Waals surface area contributed by atoms with Crippen molar-refractivity contribution in [1.29, 1.82) is 0 Å². The molecule has 3 heterocycles. The summed E-state index contributed by atoms with van der Waals surface area (Å²) in [7, 11) is 0. The molecule has 1 aromatic carbocycles. The molecule has 0 spiro atoms. The van der Waals surface area contributed by atoms with Gasteiger partial charge in [0.1, 0.15) is 11.5 Å². The summed E-state index contributed by atoms with van der Waals surface area (Å²) in [5.41, 5.74) is 4.19. The number of fused-ring (bicyclic) bond motifs is 1. The molecule has 0 saturated carbocycles. The summed E-state index contributed by atoms with van der Waals surface area (Å²) in [5.74, 6) is 1.01. The Hall–Kier alpha value is -3.21. The van der Waals surface area contributed by atoms with Crippen molar-refractivity contribution in [3.8, 4) is 11.5 Å². The molecule has 3 N–H and O–H groups in total. The summed E-state index contributed by atoms with van der Waals surface area (Å²) in [6, 6.07) is 9.32. The van der Waals surface area contributed by atoms with E-state index in [1.807, 2.05) is 39.0 Å². The van der Waals surface area contributed by atoms with Crippen LogP contribution in [0.2, 0.25) is 0 Å². The van der Waals surface area contributed by atoms with Crippen molar-refractivity contribution in [3.63, 3.8) is 0 Å². The van der Waals surface area contributed by atoms with E-state index in [4.69, 9.17) is 4.74 Å². The molecule has 2 aromatic heterocycles. The third-order valence-electron chi connectivity index (χ3n) is 4.47. The van der Waals surface area contributed by atoms with Crippen LogP contribution in [-0.2, 0) is 0 Å². The van der Waals surface area contributed by atoms with E-state index in [0.717, 1.165) is 44.1 Å². The minimum atomic E-state index is 0.0657. The van der Waals surface area contributed by atoms with Crippen molar-refractivity contribution in [2.75, 3.05) is 0 Å². The quantitative estimate of drug-likeness (QED) is 0.662. The van der Waals surface area contributed by atoms with Crippen LogP contribution in [0.1, 0.15) is 30.8 Å². The van der Waals surface area contributed by atoms with E-state index in [9.17, 15) is 5.11 Å². The molecule has 4 rings (SSSR count). The average molecular weight is 361 g/mol. The first-order valence-electron chi connectivity index (χ1n) is 9.06. The number of nitrogens with zero attached hydrogens (tertiary/aromatic N) is 1. The molecule has 0 bridgehead atoms. The van der Waals surface area contributed by atoms with Crippen molar-refractivity contribution in [2.45, 2.75) is 33.8 Å². The summed E-state index contributed by atoms with van der Waals surface area (Å²) in [4.78, 5) is 11.5. The highest BCUT2D eigenvalue weighted by Crippen LogP contribution is 2.11. The van der Waals surface area contributed by atoms with E-state index in [1.54, 1.807) is 12.1 Å². The molecule has 0 atom stereocenters. The smallest absolute Gasteiger partial charge is 0.145 e. The first-order chi connectivity index (χ1) is 12.9. The maximum atomic E-state index is 9.67. The Bertz CT molecular complexity index is 1260. The van der Waals surface area contributed by atoms with Crippen molar-refractivity contribution in [1.82, 2.24) is 9.97 Å². The molecule has 138 valence electrons. The first-order valence-corrected chi connectivity index (χ1v) is 9.06. The fourth-order valence-corrected chi connectivity index (χ4v) is 3.29. The van der Waals surface area contributed by atoms with E-state index < -0.39 is 0 Å². The van der Waals surface area contributed by atoms with Crippen LogP contribution in [-0.4, -0.2) is 21.2 Å². The molecule has 0 amide bonds. The van der Waals surface area contributed by atoms with Crippen LogP contribution >= 0.6 is 0 Å². The lowest BCUT2D eigenvalue weighted by Crippen LogP contribution is -2.19. The number of aryl methyl sites for hydroxylation is 2. The van der Waals surface area contributed by atoms with Gasteiger partial charge in [-0.3, -0.25) is 0 Å². The van der Waals surface area contributed by atoms with Crippen molar-refractivity contribution >= 4 is 17.8 Å². The van der Waals surface area contributed by atoms with Gasteiger partial charge in [-0.2, -0.15) is 0 Å². The van der Waals surface area contributed by atoms with Gasteiger partial charge in [0.05, 0.1) is 27.9 Å². The van der Waals surface area contributed by atoms with Gasteiger partial charge < -0.3 is 19.8 Å². The van der Waals surface area contributed by atoms with E-state index in [-0.39, 0.29) is 11.9 Å². The SMILES string of the molecule is Cc1cc(C)c(/C=c2\[nH]/c(=C3/C=c4ccc(O)cc4=N3)cc2OC(C)C)[nH]1. The number of phenols is 1. The lowest BCUT2D eigenvalue weighted by atomic mass is 10.2. The molecule has 5 heteroatoms. The number of benzene rings is 1. The third kappa shape index (κ3) is 3.40. The number of aromatic nitrogens is 2. The highest BCUT2D eigenvalue weighted by atomic mass is 16.5. The molecule has 1 aliphatic heterocycles. The number of nitrogens with one attached hydrogen (secondary N) is 2. The molecule has 0 fully saturated rings. The predicted molar refractivity (Wildman–Crippen MR) is 106 cm³/mol. The van der Waals surface area contributed by atoms with Gasteiger partial charge in [-0.25, -0.2) is 4.99 Å². The molecule has 27 heavy (non-hydrogen) atoms. The second-order valence-corrected chi connectivity index (χ2v) is 7.21. The molecule has 0 unspecified atom stereocenters. The Labute approximate surface area is 157 Å². The zero-order chi connectivity index (χ0) is 19.1. The predicted octanol–water partition coefficient (Wildman–Crippen LogP) is 1.50. The maximum Gasteiger partial charge on any atom is 0.145 e. The number of aromatic amines is 2. The Kier molecular flexibility index (Phi) is 4.15. The highest BCUT2D eigenvalue weighted by molar-refractivity contribution is 5.77. The van der Waals surface area contributed by atoms with Gasteiger partial charge in [0.25, 0.3) is 0 Å². The molecule has 0 aliphatic carbocycles. The Balaban J connectivity index is 1.92. The average Bonchev–Trinajstić information content (AvgIpc) is 3.25. The van der Waals surface area contributed by atoms with E-state index >= 15 is 0 Å². The van der Waals surface area contributed by atoms with Crippen LogP contribution < -0.4 is 26.0 Å². The minimum absolute atomic E-state index is 0.0657. The lowest BCUT2D eigenvalue weighted by molar-refractivity contribution is 0.240. The number of rotatable bonds is 3. The molecule has 1 aliphatic rings. The van der Waals surface area contributed by atoms with Crippen LogP contribution in [0.15, 0.2) is 35.3 Å². The van der Waals surface area contributed by atoms with Crippen molar-refractivity contribution in [3.05, 3.63) is 68.6 Å². The van der Waals surface area contributed by atoms with Crippen molar-refractivity contribution in [2.24, 2.45) is 4.99 Å². The lowest BCUT2D eigenvalue weighted by Gasteiger charge is -2.06. The van der Waals surface area contributed by atoms with Gasteiger partial charge >= 0.3 is 0 Å². The largest absolute Gasteiger partial charge is 0.508 e. The molecule has 0 saturated heterocycles. The van der Waals surface area contributed by atoms with Crippen LogP contribution in [0, 0.1) is 13.8 Å². The van der Waals surface area contributed by atoms with E-state index in [2.05, 4.69) is 34.0 Å². The molecule has 5 nitrogen and oxygen atoms in total. The van der Waals surface area contributed by atoms with Crippen LogP contribution in [0.25, 0.3) is 17.8 Å². The summed E-state index contributed by atoms with van der Waals surface area (Å²) in [6.45, 7) is 8.15. The Morgan fingerprint density at radius 2 is 1.93 bits per heavy atom. The van der Waals surface area contributed by atoms with Gasteiger partial charge in [-0.1, -0.05) is 0 Å². The molecule has 0 radical (unpaired) electrons. The number of H-pyrrole nitrogens is 2. The fourth-order valence-electron chi connectivity index (χ4n) is 3.29. The van der Waals surface area contributed by atoms with E-state index in [1.165, 1.54) is 5.56 Å². The van der Waals surface area contributed by atoms with E-state index in [0.29, 0.717) is 0 Å². The summed E-state index contributed by atoms with van der Waals surface area (Å²) in [6.07, 6.45) is 4.14. The zero-order valence-corrected chi connectivity index (χ0v) is 15.9. The van der Waals surface area contributed by atoms with Crippen LogP contribution in [0.5, 0.6) is 11.5 Å². The van der Waals surface area contributed by atoms with Gasteiger partial charge in [0.2, 0.25) is 0 Å². The first kappa shape index (κ1) is 17.2. The normalized spacial score (nSPS) is 15.7. The topological polar surface area (TPSA) is 73.4 Å². The maximum absolute atomic E-state index is 9.67. The standard InChI is InChI=1S/C22H23N3O2/c1-12(2)27-22-11-20(19-8-15-5-6-16(26)9-18(15)24-19)25-21(22)10-17-13(3)7-14(4)23-17/h5-12,23,25-26H,1-4H3/b20-19-,21-10-. The van der Waals surface area contributed by atoms with Gasteiger partial charge in [-0.05, 0) is 63.6 Å². The summed E-state index contributed by atoms with van der Waals surface area (Å²) < 4.78 is 6.02. The number of hydrogen-bond donors (Lipinski definition) is 3. The highest BCUT2D eigenvalue weighted by Gasteiger charge is 2.09. The third-order valence-corrected chi connectivity index (χ3v) is 4.47. The molecule has 3 aromatic rings. The zero-order valence-electron chi connectivity index (χ0n) is 15.9. The van der Waals surface area contributed by atoms with Crippen molar-refractivity contribution < 1.29 is 9.84 Å². The number of phenolic OH excluding ortho intramolecular Hbond substituents is 1. The number of hydrogen-bond acceptors (Lipinski definition) is 3. The van der Waals surface area contributed by atoms with Gasteiger partial charge in [0.15, 0.2) is 0 Å². The number of ether oxygens (including phenoxy) is 1. The summed E-state index contributed by atoms with van der Waals surface area (Å²) >= 11 is 0. The second kappa shape index (κ2) is 6.50. The monoisotopic (exact) mass is 361 g/mol. The van der Waals surface area contributed by atoms with Gasteiger partial charge in [0, 0.05) is 28.7 Å². The molecular weight excluding hydrogens is 338 g/mol. The van der Waals surface area contributed by atoms with Crippen LogP contribution in [0.4, 0.5) is 0 Å². The second-order valence-electron chi connectivity index (χ2n) is 7.21. The minimum Gasteiger partial charge on any atom is -0.508 e. The van der Waals surface area contributed by atoms with Crippen LogP contribution in [0.3, 0.4) is 0 Å². The fraction of sp³-hybridized carbons (Fsp3) is 0.227. The Morgan fingerprint density at radius 1 is 1.11 bits per heavy atom. The summed E-state index contributed by atoms with van der Waals surface area (Å²) in [5, 5.41) is 13.2. The Morgan fingerprint density at radius 3 is 2.63 bits per heavy atom. The number of aromatic hydroxyl groups is 1.